The van der Waals surface area contributed by atoms with Crippen LogP contribution in [0.15, 0.2) is 41.2 Å². The SMILES string of the molecule is N#Cc1cc2c(nc1Cl)[C@H](Oc1ccc3[nH]nc(-c4cnoc4)c3c1)CCC2. The van der Waals surface area contributed by atoms with Gasteiger partial charge >= 0.3 is 0 Å². The quantitative estimate of drug-likeness (QED) is 0.512. The summed E-state index contributed by atoms with van der Waals surface area (Å²) in [5.74, 6) is 0.715. The van der Waals surface area contributed by atoms with Gasteiger partial charge in [0.05, 0.1) is 28.5 Å². The van der Waals surface area contributed by atoms with Crippen molar-refractivity contribution in [3.63, 3.8) is 0 Å². The van der Waals surface area contributed by atoms with E-state index in [0.29, 0.717) is 11.3 Å². The van der Waals surface area contributed by atoms with E-state index in [9.17, 15) is 5.26 Å². The highest BCUT2D eigenvalue weighted by molar-refractivity contribution is 6.30. The van der Waals surface area contributed by atoms with E-state index in [-0.39, 0.29) is 11.3 Å². The van der Waals surface area contributed by atoms with Crippen LogP contribution in [0.3, 0.4) is 0 Å². The monoisotopic (exact) mass is 391 g/mol. The van der Waals surface area contributed by atoms with Crippen molar-refractivity contribution in [2.75, 3.05) is 0 Å². The van der Waals surface area contributed by atoms with Gasteiger partial charge in [-0.2, -0.15) is 10.4 Å². The second kappa shape index (κ2) is 6.66. The molecule has 5 rings (SSSR count). The zero-order valence-electron chi connectivity index (χ0n) is 14.6. The molecule has 1 aliphatic carbocycles. The van der Waals surface area contributed by atoms with Gasteiger partial charge in [-0.1, -0.05) is 16.8 Å². The number of halogens is 1. The molecule has 8 heteroatoms. The first-order valence-corrected chi connectivity index (χ1v) is 9.24. The van der Waals surface area contributed by atoms with Crippen molar-refractivity contribution in [2.45, 2.75) is 25.4 Å². The third-order valence-electron chi connectivity index (χ3n) is 4.94. The summed E-state index contributed by atoms with van der Waals surface area (Å²) < 4.78 is 11.2. The highest BCUT2D eigenvalue weighted by atomic mass is 35.5. The van der Waals surface area contributed by atoms with Crippen molar-refractivity contribution < 1.29 is 9.26 Å². The summed E-state index contributed by atoms with van der Waals surface area (Å²) in [6.07, 6.45) is 5.64. The molecule has 28 heavy (non-hydrogen) atoms. The maximum atomic E-state index is 9.18. The number of benzene rings is 1. The van der Waals surface area contributed by atoms with E-state index < -0.39 is 0 Å². The number of aromatic amines is 1. The minimum absolute atomic E-state index is 0.211. The fourth-order valence-corrected chi connectivity index (χ4v) is 3.79. The Balaban J connectivity index is 1.51. The first-order chi connectivity index (χ1) is 13.7. The van der Waals surface area contributed by atoms with Gasteiger partial charge in [0.1, 0.15) is 35.0 Å². The summed E-state index contributed by atoms with van der Waals surface area (Å²) in [4.78, 5) is 4.45. The molecular weight excluding hydrogens is 378 g/mol. The second-order valence-corrected chi connectivity index (χ2v) is 7.03. The third kappa shape index (κ3) is 2.79. The van der Waals surface area contributed by atoms with E-state index in [2.05, 4.69) is 26.4 Å². The van der Waals surface area contributed by atoms with Gasteiger partial charge in [-0.05, 0) is 49.1 Å². The lowest BCUT2D eigenvalue weighted by molar-refractivity contribution is 0.178. The molecule has 3 aromatic heterocycles. The fraction of sp³-hybridized carbons (Fsp3) is 0.200. The number of hydrogen-bond donors (Lipinski definition) is 1. The smallest absolute Gasteiger partial charge is 0.147 e. The van der Waals surface area contributed by atoms with Crippen molar-refractivity contribution in [3.8, 4) is 23.1 Å². The van der Waals surface area contributed by atoms with Gasteiger partial charge in [-0.3, -0.25) is 5.10 Å². The molecule has 0 amide bonds. The van der Waals surface area contributed by atoms with Crippen LogP contribution in [0.4, 0.5) is 0 Å². The molecular formula is C20H14ClN5O2. The molecule has 0 saturated carbocycles. The number of aryl methyl sites for hydroxylation is 1. The average molecular weight is 392 g/mol. The molecule has 0 unspecified atom stereocenters. The number of nitrogens with one attached hydrogen (secondary N) is 1. The molecule has 0 aliphatic heterocycles. The fourth-order valence-electron chi connectivity index (χ4n) is 3.60. The Labute approximate surface area is 164 Å². The molecule has 1 atom stereocenters. The van der Waals surface area contributed by atoms with E-state index >= 15 is 0 Å². The van der Waals surface area contributed by atoms with Gasteiger partial charge < -0.3 is 9.26 Å². The normalized spacial score (nSPS) is 15.9. The summed E-state index contributed by atoms with van der Waals surface area (Å²) in [5.41, 5.74) is 4.68. The molecule has 0 saturated heterocycles. The van der Waals surface area contributed by atoms with E-state index in [0.717, 1.165) is 52.7 Å². The van der Waals surface area contributed by atoms with E-state index in [1.54, 1.807) is 12.5 Å². The zero-order chi connectivity index (χ0) is 19.1. The molecule has 1 aliphatic rings. The predicted octanol–water partition coefficient (Wildman–Crippen LogP) is 4.59. The molecule has 4 aromatic rings. The minimum Gasteiger partial charge on any atom is -0.484 e. The summed E-state index contributed by atoms with van der Waals surface area (Å²) in [5, 5.41) is 21.4. The van der Waals surface area contributed by atoms with Crippen molar-refractivity contribution >= 4 is 22.5 Å². The largest absolute Gasteiger partial charge is 0.484 e. The molecule has 1 aromatic carbocycles. The van der Waals surface area contributed by atoms with Gasteiger partial charge in [-0.25, -0.2) is 4.98 Å². The van der Waals surface area contributed by atoms with Crippen LogP contribution >= 0.6 is 11.6 Å². The summed E-state index contributed by atoms with van der Waals surface area (Å²) in [7, 11) is 0. The van der Waals surface area contributed by atoms with Crippen molar-refractivity contribution in [1.29, 1.82) is 5.26 Å². The van der Waals surface area contributed by atoms with Crippen LogP contribution in [-0.2, 0) is 6.42 Å². The number of nitrogens with zero attached hydrogens (tertiary/aromatic N) is 4. The third-order valence-corrected chi connectivity index (χ3v) is 5.23. The lowest BCUT2D eigenvalue weighted by Crippen LogP contribution is -2.17. The van der Waals surface area contributed by atoms with Crippen molar-refractivity contribution in [3.05, 3.63) is 58.7 Å². The number of H-pyrrole nitrogens is 1. The van der Waals surface area contributed by atoms with Crippen molar-refractivity contribution in [2.24, 2.45) is 0 Å². The second-order valence-electron chi connectivity index (χ2n) is 6.67. The molecule has 0 radical (unpaired) electrons. The standard InChI is InChI=1S/C20H14ClN5O2/c21-20-12(8-22)6-11-2-1-3-17(19(11)24-20)28-14-4-5-16-15(7-14)18(26-25-16)13-9-23-27-10-13/h4-7,9-10,17H,1-3H2,(H,25,26)/t17-/m1/s1. The summed E-state index contributed by atoms with van der Waals surface area (Å²) >= 11 is 6.15. The number of pyridine rings is 1. The lowest BCUT2D eigenvalue weighted by Gasteiger charge is -2.25. The van der Waals surface area contributed by atoms with Crippen LogP contribution < -0.4 is 4.74 Å². The van der Waals surface area contributed by atoms with Crippen LogP contribution in [0.25, 0.3) is 22.2 Å². The molecule has 3 heterocycles. The van der Waals surface area contributed by atoms with Gasteiger partial charge in [0.25, 0.3) is 0 Å². The van der Waals surface area contributed by atoms with E-state index in [1.165, 1.54) is 0 Å². The number of fused-ring (bicyclic) bond motifs is 2. The zero-order valence-corrected chi connectivity index (χ0v) is 15.4. The molecule has 138 valence electrons. The van der Waals surface area contributed by atoms with Crippen LogP contribution in [-0.4, -0.2) is 20.3 Å². The first-order valence-electron chi connectivity index (χ1n) is 8.87. The topological polar surface area (TPSA) is 101 Å². The van der Waals surface area contributed by atoms with Crippen LogP contribution in [0.5, 0.6) is 5.75 Å². The van der Waals surface area contributed by atoms with Gasteiger partial charge in [0.2, 0.25) is 0 Å². The Morgan fingerprint density at radius 2 is 2.25 bits per heavy atom. The molecule has 7 nitrogen and oxygen atoms in total. The molecule has 0 fully saturated rings. The first kappa shape index (κ1) is 16.8. The molecule has 0 spiro atoms. The highest BCUT2D eigenvalue weighted by Crippen LogP contribution is 2.36. The van der Waals surface area contributed by atoms with Crippen LogP contribution in [0.2, 0.25) is 5.15 Å². The van der Waals surface area contributed by atoms with Gasteiger partial charge in [0.15, 0.2) is 0 Å². The summed E-state index contributed by atoms with van der Waals surface area (Å²) in [6, 6.07) is 9.68. The Morgan fingerprint density at radius 3 is 3.07 bits per heavy atom. The van der Waals surface area contributed by atoms with Crippen LogP contribution in [0.1, 0.15) is 35.8 Å². The number of rotatable bonds is 3. The van der Waals surface area contributed by atoms with E-state index in [4.69, 9.17) is 20.9 Å². The van der Waals surface area contributed by atoms with E-state index in [1.807, 2.05) is 24.3 Å². The number of aromatic nitrogens is 4. The lowest BCUT2D eigenvalue weighted by atomic mass is 9.92. The summed E-state index contributed by atoms with van der Waals surface area (Å²) in [6.45, 7) is 0. The Bertz CT molecular complexity index is 1210. The number of nitriles is 1. The minimum atomic E-state index is -0.211. The number of hydrogen-bond acceptors (Lipinski definition) is 6. The Hall–Kier alpha value is -3.37. The maximum Gasteiger partial charge on any atom is 0.147 e. The molecule has 1 N–H and O–H groups in total. The molecule has 0 bridgehead atoms. The van der Waals surface area contributed by atoms with Gasteiger partial charge in [0, 0.05) is 5.39 Å². The van der Waals surface area contributed by atoms with Crippen LogP contribution in [0, 0.1) is 11.3 Å². The average Bonchev–Trinajstić information content (AvgIpc) is 3.37. The van der Waals surface area contributed by atoms with Crippen molar-refractivity contribution in [1.82, 2.24) is 20.3 Å². The Kier molecular flexibility index (Phi) is 3.99. The predicted molar refractivity (Wildman–Crippen MR) is 102 cm³/mol. The van der Waals surface area contributed by atoms with Gasteiger partial charge in [-0.15, -0.1) is 0 Å². The number of ether oxygens (including phenoxy) is 1. The Morgan fingerprint density at radius 1 is 1.32 bits per heavy atom. The maximum absolute atomic E-state index is 9.18. The highest BCUT2D eigenvalue weighted by Gasteiger charge is 2.25.